The third-order valence-electron chi connectivity index (χ3n) is 2.73. The third kappa shape index (κ3) is 2.99. The van der Waals surface area contributed by atoms with Crippen LogP contribution in [0.3, 0.4) is 0 Å². The van der Waals surface area contributed by atoms with Gasteiger partial charge in [-0.25, -0.2) is 17.8 Å². The molecule has 0 amide bonds. The molecule has 4 nitrogen and oxygen atoms in total. The number of hydrogen-bond acceptors (Lipinski definition) is 4. The van der Waals surface area contributed by atoms with E-state index in [1.165, 1.54) is 34.8 Å². The molecule has 0 N–H and O–H groups in total. The van der Waals surface area contributed by atoms with Crippen LogP contribution in [0.5, 0.6) is 0 Å². The monoisotopic (exact) mass is 300 g/mol. The molecule has 7 heteroatoms. The van der Waals surface area contributed by atoms with Crippen molar-refractivity contribution in [2.75, 3.05) is 7.05 Å². The molecule has 0 fully saturated rings. The molecule has 0 aliphatic rings. The van der Waals surface area contributed by atoms with Gasteiger partial charge in [-0.3, -0.25) is 0 Å². The smallest absolute Gasteiger partial charge is 0.243 e. The molecule has 1 aromatic heterocycles. The summed E-state index contributed by atoms with van der Waals surface area (Å²) in [5.41, 5.74) is 2.51. The van der Waals surface area contributed by atoms with Crippen molar-refractivity contribution in [3.8, 4) is 0 Å². The highest BCUT2D eigenvalue weighted by atomic mass is 32.2. The van der Waals surface area contributed by atoms with E-state index >= 15 is 0 Å². The molecule has 0 radical (unpaired) electrons. The molecule has 0 bridgehead atoms. The van der Waals surface area contributed by atoms with Crippen molar-refractivity contribution in [1.82, 2.24) is 9.29 Å². The molecule has 2 aromatic rings. The minimum atomic E-state index is -3.60. The van der Waals surface area contributed by atoms with E-state index in [4.69, 9.17) is 0 Å². The summed E-state index contributed by atoms with van der Waals surface area (Å²) >= 11 is 1.41. The lowest BCUT2D eigenvalue weighted by molar-refractivity contribution is 0.468. The van der Waals surface area contributed by atoms with Crippen molar-refractivity contribution in [3.63, 3.8) is 0 Å². The fraction of sp³-hybridized carbons (Fsp3) is 0.250. The maximum absolute atomic E-state index is 12.8. The van der Waals surface area contributed by atoms with Crippen LogP contribution in [0.4, 0.5) is 4.39 Å². The number of halogens is 1. The summed E-state index contributed by atoms with van der Waals surface area (Å²) in [6.07, 6.45) is 0. The van der Waals surface area contributed by atoms with E-state index in [1.54, 1.807) is 5.51 Å². The van der Waals surface area contributed by atoms with Gasteiger partial charge in [0, 0.05) is 18.5 Å². The Morgan fingerprint density at radius 1 is 1.32 bits per heavy atom. The van der Waals surface area contributed by atoms with Crippen LogP contribution in [-0.2, 0) is 16.6 Å². The Bertz CT molecular complexity index is 665. The number of sulfonamides is 1. The van der Waals surface area contributed by atoms with E-state index in [1.807, 2.05) is 6.92 Å². The first-order chi connectivity index (χ1) is 8.91. The highest BCUT2D eigenvalue weighted by molar-refractivity contribution is 7.89. The lowest BCUT2D eigenvalue weighted by Crippen LogP contribution is -2.26. The van der Waals surface area contributed by atoms with E-state index in [9.17, 15) is 12.8 Å². The van der Waals surface area contributed by atoms with Gasteiger partial charge in [0.25, 0.3) is 0 Å². The Morgan fingerprint density at radius 3 is 2.47 bits per heavy atom. The van der Waals surface area contributed by atoms with Crippen LogP contribution in [0, 0.1) is 12.7 Å². The van der Waals surface area contributed by atoms with Crippen LogP contribution in [-0.4, -0.2) is 24.8 Å². The standard InChI is InChI=1S/C12H13FN2O2S2/c1-9-12(18-8-14-9)7-15(2)19(16,17)11-5-3-10(13)4-6-11/h3-6,8H,7H2,1-2H3. The van der Waals surface area contributed by atoms with Gasteiger partial charge in [0.2, 0.25) is 10.0 Å². The van der Waals surface area contributed by atoms with Gasteiger partial charge >= 0.3 is 0 Å². The summed E-state index contributed by atoms with van der Waals surface area (Å²) < 4.78 is 38.6. The predicted molar refractivity (Wildman–Crippen MR) is 71.9 cm³/mol. The lowest BCUT2D eigenvalue weighted by atomic mass is 10.4. The first-order valence-corrected chi connectivity index (χ1v) is 7.84. The number of benzene rings is 1. The molecule has 0 saturated heterocycles. The number of rotatable bonds is 4. The normalized spacial score (nSPS) is 12.0. The van der Waals surface area contributed by atoms with Crippen molar-refractivity contribution >= 4 is 21.4 Å². The van der Waals surface area contributed by atoms with Crippen molar-refractivity contribution in [1.29, 1.82) is 0 Å². The summed E-state index contributed by atoms with van der Waals surface area (Å²) in [6, 6.07) is 4.80. The van der Waals surface area contributed by atoms with Crippen molar-refractivity contribution in [3.05, 3.63) is 46.2 Å². The van der Waals surface area contributed by atoms with Crippen molar-refractivity contribution in [2.45, 2.75) is 18.4 Å². The minimum absolute atomic E-state index is 0.0820. The topological polar surface area (TPSA) is 50.3 Å². The molecular weight excluding hydrogens is 287 g/mol. The number of aryl methyl sites for hydroxylation is 1. The summed E-state index contributed by atoms with van der Waals surface area (Å²) in [4.78, 5) is 5.06. The zero-order valence-electron chi connectivity index (χ0n) is 10.5. The Hall–Kier alpha value is -1.31. The highest BCUT2D eigenvalue weighted by Gasteiger charge is 2.21. The first kappa shape index (κ1) is 14.1. The highest BCUT2D eigenvalue weighted by Crippen LogP contribution is 2.20. The molecule has 19 heavy (non-hydrogen) atoms. The van der Waals surface area contributed by atoms with E-state index in [-0.39, 0.29) is 11.4 Å². The Kier molecular flexibility index (Phi) is 3.98. The number of hydrogen-bond donors (Lipinski definition) is 0. The van der Waals surface area contributed by atoms with E-state index in [0.717, 1.165) is 22.7 Å². The summed E-state index contributed by atoms with van der Waals surface area (Å²) in [5, 5.41) is 0. The fourth-order valence-corrected chi connectivity index (χ4v) is 3.60. The zero-order valence-corrected chi connectivity index (χ0v) is 12.1. The Balaban J connectivity index is 2.24. The van der Waals surface area contributed by atoms with E-state index in [2.05, 4.69) is 4.98 Å². The second kappa shape index (κ2) is 5.36. The first-order valence-electron chi connectivity index (χ1n) is 5.52. The van der Waals surface area contributed by atoms with Crippen LogP contribution in [0.2, 0.25) is 0 Å². The largest absolute Gasteiger partial charge is 0.250 e. The molecule has 0 aliphatic heterocycles. The van der Waals surface area contributed by atoms with Crippen LogP contribution < -0.4 is 0 Å². The molecule has 0 unspecified atom stereocenters. The van der Waals surface area contributed by atoms with Gasteiger partial charge in [0.1, 0.15) is 5.82 Å². The summed E-state index contributed by atoms with van der Waals surface area (Å²) in [5.74, 6) is -0.458. The van der Waals surface area contributed by atoms with Gasteiger partial charge < -0.3 is 0 Å². The number of aromatic nitrogens is 1. The summed E-state index contributed by atoms with van der Waals surface area (Å²) in [6.45, 7) is 2.10. The second-order valence-corrected chi connectivity index (χ2v) is 7.06. The fourth-order valence-electron chi connectivity index (χ4n) is 1.55. The van der Waals surface area contributed by atoms with Crippen LogP contribution in [0.1, 0.15) is 10.6 Å². The summed E-state index contributed by atoms with van der Waals surface area (Å²) in [7, 11) is -2.11. The maximum atomic E-state index is 12.8. The second-order valence-electron chi connectivity index (χ2n) is 4.08. The van der Waals surface area contributed by atoms with Gasteiger partial charge in [0.15, 0.2) is 0 Å². The van der Waals surface area contributed by atoms with Crippen LogP contribution in [0.15, 0.2) is 34.7 Å². The Labute approximate surface area is 115 Å². The predicted octanol–water partition coefficient (Wildman–Crippen LogP) is 2.41. The maximum Gasteiger partial charge on any atom is 0.243 e. The molecule has 0 spiro atoms. The molecular formula is C12H13FN2O2S2. The Morgan fingerprint density at radius 2 is 1.95 bits per heavy atom. The molecule has 2 rings (SSSR count). The molecule has 0 atom stereocenters. The quantitative estimate of drug-likeness (QED) is 0.871. The minimum Gasteiger partial charge on any atom is -0.250 e. The van der Waals surface area contributed by atoms with Gasteiger partial charge in [-0.15, -0.1) is 11.3 Å². The van der Waals surface area contributed by atoms with Gasteiger partial charge in [-0.1, -0.05) is 0 Å². The van der Waals surface area contributed by atoms with Gasteiger partial charge in [-0.05, 0) is 31.2 Å². The van der Waals surface area contributed by atoms with Crippen LogP contribution in [0.25, 0.3) is 0 Å². The van der Waals surface area contributed by atoms with Gasteiger partial charge in [0.05, 0.1) is 16.1 Å². The zero-order chi connectivity index (χ0) is 14.0. The molecule has 0 aliphatic carbocycles. The van der Waals surface area contributed by atoms with Crippen molar-refractivity contribution < 1.29 is 12.8 Å². The number of thiazole rings is 1. The molecule has 102 valence electrons. The van der Waals surface area contributed by atoms with E-state index in [0.29, 0.717) is 0 Å². The molecule has 1 heterocycles. The third-order valence-corrected chi connectivity index (χ3v) is 5.47. The average molecular weight is 300 g/mol. The SMILES string of the molecule is Cc1ncsc1CN(C)S(=O)(=O)c1ccc(F)cc1. The van der Waals surface area contributed by atoms with Gasteiger partial charge in [-0.2, -0.15) is 4.31 Å². The van der Waals surface area contributed by atoms with Crippen molar-refractivity contribution in [2.24, 2.45) is 0 Å². The van der Waals surface area contributed by atoms with Crippen LogP contribution >= 0.6 is 11.3 Å². The van der Waals surface area contributed by atoms with E-state index < -0.39 is 15.8 Å². The lowest BCUT2D eigenvalue weighted by Gasteiger charge is -2.16. The molecule has 1 aromatic carbocycles. The average Bonchev–Trinajstić information content (AvgIpc) is 2.75. The molecule has 0 saturated carbocycles. The number of nitrogens with zero attached hydrogens (tertiary/aromatic N) is 2.